The van der Waals surface area contributed by atoms with E-state index in [2.05, 4.69) is 10.2 Å². The fraction of sp³-hybridized carbons (Fsp3) is 0.923. The van der Waals surface area contributed by atoms with E-state index in [0.29, 0.717) is 12.5 Å². The standard InChI is InChI=1S/C13H27N3O2/c1-10(2)15-12(13(14)17)9-16(3)8-11-4-6-18-7-5-11/h10-12,15H,4-9H2,1-3H3,(H2,14,17). The molecule has 0 radical (unpaired) electrons. The summed E-state index contributed by atoms with van der Waals surface area (Å²) in [5.74, 6) is 0.402. The lowest BCUT2D eigenvalue weighted by molar-refractivity contribution is -0.120. The zero-order valence-corrected chi connectivity index (χ0v) is 11.8. The number of nitrogens with zero attached hydrogens (tertiary/aromatic N) is 1. The molecule has 1 aliphatic rings. The average molecular weight is 257 g/mol. The molecule has 5 heteroatoms. The van der Waals surface area contributed by atoms with Gasteiger partial charge in [0, 0.05) is 32.3 Å². The Hall–Kier alpha value is -0.650. The van der Waals surface area contributed by atoms with Crippen molar-refractivity contribution in [1.29, 1.82) is 0 Å². The minimum absolute atomic E-state index is 0.263. The summed E-state index contributed by atoms with van der Waals surface area (Å²) < 4.78 is 5.35. The number of likely N-dealkylation sites (N-methyl/N-ethyl adjacent to an activating group) is 1. The van der Waals surface area contributed by atoms with Gasteiger partial charge in [0.25, 0.3) is 0 Å². The Morgan fingerprint density at radius 1 is 1.44 bits per heavy atom. The lowest BCUT2D eigenvalue weighted by Gasteiger charge is -2.29. The van der Waals surface area contributed by atoms with Crippen LogP contribution in [0.25, 0.3) is 0 Å². The molecule has 1 saturated heterocycles. The molecule has 0 aromatic rings. The third-order valence-corrected chi connectivity index (χ3v) is 3.28. The van der Waals surface area contributed by atoms with Crippen molar-refractivity contribution in [3.63, 3.8) is 0 Å². The molecule has 106 valence electrons. The van der Waals surface area contributed by atoms with Crippen LogP contribution < -0.4 is 11.1 Å². The van der Waals surface area contributed by atoms with Gasteiger partial charge in [0.15, 0.2) is 0 Å². The molecule has 1 unspecified atom stereocenters. The van der Waals surface area contributed by atoms with E-state index in [1.54, 1.807) is 0 Å². The fourth-order valence-electron chi connectivity index (χ4n) is 2.38. The number of primary amides is 1. The molecule has 1 amide bonds. The molecule has 1 heterocycles. The van der Waals surface area contributed by atoms with Gasteiger partial charge in [0.2, 0.25) is 5.91 Å². The smallest absolute Gasteiger partial charge is 0.235 e. The van der Waals surface area contributed by atoms with Crippen molar-refractivity contribution in [1.82, 2.24) is 10.2 Å². The monoisotopic (exact) mass is 257 g/mol. The van der Waals surface area contributed by atoms with Gasteiger partial charge in [0.1, 0.15) is 0 Å². The molecule has 1 atom stereocenters. The van der Waals surface area contributed by atoms with Crippen LogP contribution in [0, 0.1) is 5.92 Å². The molecule has 1 aliphatic heterocycles. The molecule has 18 heavy (non-hydrogen) atoms. The largest absolute Gasteiger partial charge is 0.381 e. The third kappa shape index (κ3) is 5.80. The van der Waals surface area contributed by atoms with Crippen LogP contribution in [0.5, 0.6) is 0 Å². The van der Waals surface area contributed by atoms with Gasteiger partial charge >= 0.3 is 0 Å². The summed E-state index contributed by atoms with van der Waals surface area (Å²) in [6.45, 7) is 7.45. The summed E-state index contributed by atoms with van der Waals surface area (Å²) in [6.07, 6.45) is 2.23. The molecular weight excluding hydrogens is 230 g/mol. The van der Waals surface area contributed by atoms with Crippen LogP contribution in [-0.4, -0.2) is 56.2 Å². The van der Waals surface area contributed by atoms with Gasteiger partial charge in [0.05, 0.1) is 6.04 Å². The zero-order valence-electron chi connectivity index (χ0n) is 11.8. The van der Waals surface area contributed by atoms with Crippen molar-refractivity contribution in [2.24, 2.45) is 11.7 Å². The molecule has 0 spiro atoms. The maximum Gasteiger partial charge on any atom is 0.235 e. The highest BCUT2D eigenvalue weighted by molar-refractivity contribution is 5.80. The van der Waals surface area contributed by atoms with Gasteiger partial charge in [-0.2, -0.15) is 0 Å². The molecule has 5 nitrogen and oxygen atoms in total. The highest BCUT2D eigenvalue weighted by atomic mass is 16.5. The average Bonchev–Trinajstić information content (AvgIpc) is 2.28. The SMILES string of the molecule is CC(C)NC(CN(C)CC1CCOCC1)C(N)=O. The van der Waals surface area contributed by atoms with Gasteiger partial charge in [-0.1, -0.05) is 13.8 Å². The topological polar surface area (TPSA) is 67.6 Å². The van der Waals surface area contributed by atoms with E-state index in [9.17, 15) is 4.79 Å². The van der Waals surface area contributed by atoms with Crippen LogP contribution >= 0.6 is 0 Å². The lowest BCUT2D eigenvalue weighted by Crippen LogP contribution is -2.51. The Morgan fingerprint density at radius 2 is 2.06 bits per heavy atom. The second-order valence-electron chi connectivity index (χ2n) is 5.55. The number of amides is 1. The van der Waals surface area contributed by atoms with Gasteiger partial charge < -0.3 is 20.7 Å². The minimum atomic E-state index is -0.275. The number of rotatable bonds is 7. The van der Waals surface area contributed by atoms with Crippen LogP contribution in [0.2, 0.25) is 0 Å². The summed E-state index contributed by atoms with van der Waals surface area (Å²) in [6, 6.07) is -0.00572. The number of nitrogens with two attached hydrogens (primary N) is 1. The number of nitrogens with one attached hydrogen (secondary N) is 1. The summed E-state index contributed by atoms with van der Waals surface area (Å²) in [7, 11) is 2.05. The molecule has 1 fully saturated rings. The quantitative estimate of drug-likeness (QED) is 0.683. The van der Waals surface area contributed by atoms with E-state index in [0.717, 1.165) is 32.6 Å². The van der Waals surface area contributed by atoms with Crippen molar-refractivity contribution in [2.75, 3.05) is 33.4 Å². The van der Waals surface area contributed by atoms with E-state index in [1.807, 2.05) is 20.9 Å². The summed E-state index contributed by atoms with van der Waals surface area (Å²) >= 11 is 0. The maximum atomic E-state index is 11.4. The first-order valence-electron chi connectivity index (χ1n) is 6.80. The fourth-order valence-corrected chi connectivity index (χ4v) is 2.38. The van der Waals surface area contributed by atoms with Crippen LogP contribution in [0.1, 0.15) is 26.7 Å². The summed E-state index contributed by atoms with van der Waals surface area (Å²) in [4.78, 5) is 13.6. The second kappa shape index (κ2) is 7.71. The van der Waals surface area contributed by atoms with Crippen LogP contribution in [0.15, 0.2) is 0 Å². The molecule has 0 saturated carbocycles. The molecule has 0 bridgehead atoms. The van der Waals surface area contributed by atoms with Crippen molar-refractivity contribution in [3.8, 4) is 0 Å². The molecule has 0 aromatic carbocycles. The predicted molar refractivity (Wildman–Crippen MR) is 72.3 cm³/mol. The van der Waals surface area contributed by atoms with Crippen molar-refractivity contribution in [3.05, 3.63) is 0 Å². The first-order valence-corrected chi connectivity index (χ1v) is 6.80. The number of carbonyl (C=O) groups excluding carboxylic acids is 1. The van der Waals surface area contributed by atoms with E-state index in [4.69, 9.17) is 10.5 Å². The van der Waals surface area contributed by atoms with Crippen LogP contribution in [0.3, 0.4) is 0 Å². The number of carbonyl (C=O) groups is 1. The second-order valence-corrected chi connectivity index (χ2v) is 5.55. The normalized spacial score (nSPS) is 19.4. The minimum Gasteiger partial charge on any atom is -0.381 e. The molecular formula is C13H27N3O2. The zero-order chi connectivity index (χ0) is 13.5. The Bertz CT molecular complexity index is 253. The van der Waals surface area contributed by atoms with E-state index < -0.39 is 0 Å². The van der Waals surface area contributed by atoms with Crippen molar-refractivity contribution < 1.29 is 9.53 Å². The molecule has 3 N–H and O–H groups in total. The van der Waals surface area contributed by atoms with Gasteiger partial charge in [-0.25, -0.2) is 0 Å². The molecule has 0 aliphatic carbocycles. The highest BCUT2D eigenvalue weighted by Gasteiger charge is 2.21. The van der Waals surface area contributed by atoms with Crippen molar-refractivity contribution in [2.45, 2.75) is 38.8 Å². The van der Waals surface area contributed by atoms with Crippen molar-refractivity contribution >= 4 is 5.91 Å². The van der Waals surface area contributed by atoms with Crippen LogP contribution in [0.4, 0.5) is 0 Å². The first kappa shape index (κ1) is 15.4. The maximum absolute atomic E-state index is 11.4. The number of ether oxygens (including phenoxy) is 1. The Labute approximate surface area is 110 Å². The summed E-state index contributed by atoms with van der Waals surface area (Å²) in [5.41, 5.74) is 5.42. The Kier molecular flexibility index (Phi) is 6.60. The van der Waals surface area contributed by atoms with Gasteiger partial charge in [-0.3, -0.25) is 4.79 Å². The number of hydrogen-bond acceptors (Lipinski definition) is 4. The number of hydrogen-bond donors (Lipinski definition) is 2. The molecule has 0 aromatic heterocycles. The summed E-state index contributed by atoms with van der Waals surface area (Å²) in [5, 5.41) is 3.21. The predicted octanol–water partition coefficient (Wildman–Crippen LogP) is 0.197. The Balaban J connectivity index is 2.35. The van der Waals surface area contributed by atoms with E-state index in [1.165, 1.54) is 0 Å². The van der Waals surface area contributed by atoms with Crippen LogP contribution in [-0.2, 0) is 9.53 Å². The third-order valence-electron chi connectivity index (χ3n) is 3.28. The highest BCUT2D eigenvalue weighted by Crippen LogP contribution is 2.15. The van der Waals surface area contributed by atoms with Gasteiger partial charge in [-0.05, 0) is 25.8 Å². The lowest BCUT2D eigenvalue weighted by atomic mass is 10.00. The van der Waals surface area contributed by atoms with Gasteiger partial charge in [-0.15, -0.1) is 0 Å². The Morgan fingerprint density at radius 3 is 2.56 bits per heavy atom. The van der Waals surface area contributed by atoms with E-state index in [-0.39, 0.29) is 18.0 Å². The van der Waals surface area contributed by atoms with E-state index >= 15 is 0 Å². The first-order chi connectivity index (χ1) is 8.49. The molecule has 1 rings (SSSR count).